The van der Waals surface area contributed by atoms with Gasteiger partial charge in [0.2, 0.25) is 5.75 Å². The lowest BCUT2D eigenvalue weighted by Crippen LogP contribution is -2.29. The highest BCUT2D eigenvalue weighted by molar-refractivity contribution is 6.30. The zero-order valence-corrected chi connectivity index (χ0v) is 19.5. The Morgan fingerprint density at radius 1 is 1.26 bits per heavy atom. The molecule has 0 saturated carbocycles. The standard InChI is InChI=1S/C25H20ClN5O4/c1-14(20(15-6-4-3-5-7-15)19-10-17(26)9-8-16(19)11-27)23-30-21(22(32)25(34)31(23)2)24(33)29-18-12-28-35-13-18/h3-10,12-14,20,32H,1-2H3,(H,29,33)/t14-,20+/m0/s1. The number of rotatable bonds is 6. The van der Waals surface area contributed by atoms with E-state index in [-0.39, 0.29) is 11.5 Å². The number of benzene rings is 2. The highest BCUT2D eigenvalue weighted by Crippen LogP contribution is 2.40. The van der Waals surface area contributed by atoms with Gasteiger partial charge < -0.3 is 14.9 Å². The van der Waals surface area contributed by atoms with Crippen molar-refractivity contribution in [2.75, 3.05) is 5.32 Å². The third kappa shape index (κ3) is 4.65. The number of carbonyl (C=O) groups is 1. The van der Waals surface area contributed by atoms with Crippen LogP contribution in [0.25, 0.3) is 0 Å². The number of aromatic nitrogens is 3. The molecule has 35 heavy (non-hydrogen) atoms. The van der Waals surface area contributed by atoms with Gasteiger partial charge in [0.15, 0.2) is 5.69 Å². The first-order valence-corrected chi connectivity index (χ1v) is 10.9. The van der Waals surface area contributed by atoms with E-state index in [9.17, 15) is 20.0 Å². The lowest BCUT2D eigenvalue weighted by Gasteiger charge is -2.27. The van der Waals surface area contributed by atoms with Crippen molar-refractivity contribution in [2.45, 2.75) is 18.8 Å². The van der Waals surface area contributed by atoms with Crippen LogP contribution in [0.1, 0.15) is 51.8 Å². The van der Waals surface area contributed by atoms with E-state index in [0.717, 1.165) is 5.56 Å². The molecule has 2 atom stereocenters. The first-order valence-electron chi connectivity index (χ1n) is 10.6. The minimum Gasteiger partial charge on any atom is -0.501 e. The maximum atomic E-state index is 12.9. The third-order valence-corrected chi connectivity index (χ3v) is 5.98. The SMILES string of the molecule is C[C@H](c1nc(C(=O)Nc2cnoc2)c(O)c(=O)n1C)[C@H](c1ccccc1)c1cc(Cl)ccc1C#N. The second-order valence-corrected chi connectivity index (χ2v) is 8.36. The summed E-state index contributed by atoms with van der Waals surface area (Å²) >= 11 is 6.29. The Hall–Kier alpha value is -4.42. The monoisotopic (exact) mass is 489 g/mol. The Morgan fingerprint density at radius 2 is 2.00 bits per heavy atom. The van der Waals surface area contributed by atoms with Gasteiger partial charge in [-0.3, -0.25) is 14.2 Å². The van der Waals surface area contributed by atoms with Crippen LogP contribution in [0.15, 0.2) is 70.3 Å². The fourth-order valence-corrected chi connectivity index (χ4v) is 4.25. The average molecular weight is 490 g/mol. The van der Waals surface area contributed by atoms with Gasteiger partial charge >= 0.3 is 0 Å². The first-order chi connectivity index (χ1) is 16.8. The van der Waals surface area contributed by atoms with Crippen molar-refractivity contribution in [3.63, 3.8) is 0 Å². The van der Waals surface area contributed by atoms with E-state index in [1.165, 1.54) is 24.1 Å². The number of carbonyl (C=O) groups excluding carboxylic acids is 1. The number of nitrogens with zero attached hydrogens (tertiary/aromatic N) is 4. The Morgan fingerprint density at radius 3 is 2.66 bits per heavy atom. The molecule has 0 unspecified atom stereocenters. The topological polar surface area (TPSA) is 134 Å². The minimum atomic E-state index is -0.798. The minimum absolute atomic E-state index is 0.237. The molecule has 2 N–H and O–H groups in total. The van der Waals surface area contributed by atoms with E-state index in [0.29, 0.717) is 16.1 Å². The van der Waals surface area contributed by atoms with Crippen LogP contribution in [0.4, 0.5) is 5.69 Å². The van der Waals surface area contributed by atoms with Crippen molar-refractivity contribution in [1.82, 2.24) is 14.7 Å². The van der Waals surface area contributed by atoms with Gasteiger partial charge in [0, 0.05) is 23.9 Å². The largest absolute Gasteiger partial charge is 0.501 e. The molecule has 0 radical (unpaired) electrons. The fraction of sp³-hybridized carbons (Fsp3) is 0.160. The molecule has 0 spiro atoms. The van der Waals surface area contributed by atoms with Gasteiger partial charge in [-0.05, 0) is 29.3 Å². The highest BCUT2D eigenvalue weighted by Gasteiger charge is 2.30. The molecule has 0 fully saturated rings. The number of hydrogen-bond donors (Lipinski definition) is 2. The molecule has 10 heteroatoms. The van der Waals surface area contributed by atoms with Crippen LogP contribution >= 0.6 is 11.6 Å². The maximum absolute atomic E-state index is 12.9. The zero-order chi connectivity index (χ0) is 25.1. The molecule has 0 aliphatic heterocycles. The van der Waals surface area contributed by atoms with Crippen molar-refractivity contribution in [2.24, 2.45) is 7.05 Å². The van der Waals surface area contributed by atoms with Crippen molar-refractivity contribution in [3.05, 3.63) is 105 Å². The predicted octanol–water partition coefficient (Wildman–Crippen LogP) is 4.19. The van der Waals surface area contributed by atoms with E-state index >= 15 is 0 Å². The quantitative estimate of drug-likeness (QED) is 0.414. The van der Waals surface area contributed by atoms with Crippen LogP contribution in [0.3, 0.4) is 0 Å². The van der Waals surface area contributed by atoms with E-state index < -0.39 is 34.7 Å². The molecule has 2 heterocycles. The normalized spacial score (nSPS) is 12.5. The molecule has 0 aliphatic carbocycles. The van der Waals surface area contributed by atoms with Crippen molar-refractivity contribution >= 4 is 23.2 Å². The predicted molar refractivity (Wildman–Crippen MR) is 128 cm³/mol. The Kier molecular flexibility index (Phi) is 6.66. The number of halogens is 1. The van der Waals surface area contributed by atoms with Gasteiger partial charge in [0.1, 0.15) is 17.8 Å². The molecule has 4 rings (SSSR count). The van der Waals surface area contributed by atoms with Crippen LogP contribution in [-0.2, 0) is 7.05 Å². The molecule has 2 aromatic carbocycles. The van der Waals surface area contributed by atoms with Gasteiger partial charge in [0.05, 0.1) is 17.8 Å². The molecular weight excluding hydrogens is 470 g/mol. The molecule has 0 bridgehead atoms. The Bertz CT molecular complexity index is 1480. The Labute approximate surface area is 205 Å². The molecular formula is C25H20ClN5O4. The second-order valence-electron chi connectivity index (χ2n) is 7.92. The van der Waals surface area contributed by atoms with E-state index in [2.05, 4.69) is 21.5 Å². The smallest absolute Gasteiger partial charge is 0.296 e. The molecule has 9 nitrogen and oxygen atoms in total. The van der Waals surface area contributed by atoms with E-state index in [1.54, 1.807) is 18.2 Å². The summed E-state index contributed by atoms with van der Waals surface area (Å²) in [7, 11) is 1.47. The summed E-state index contributed by atoms with van der Waals surface area (Å²) in [6.07, 6.45) is 2.47. The number of amides is 1. The van der Waals surface area contributed by atoms with Gasteiger partial charge in [0.25, 0.3) is 11.5 Å². The van der Waals surface area contributed by atoms with Crippen molar-refractivity contribution < 1.29 is 14.4 Å². The summed E-state index contributed by atoms with van der Waals surface area (Å²) in [6.45, 7) is 1.83. The van der Waals surface area contributed by atoms with Crippen molar-refractivity contribution in [3.8, 4) is 11.8 Å². The third-order valence-electron chi connectivity index (χ3n) is 5.74. The number of nitrogens with one attached hydrogen (secondary N) is 1. The molecule has 176 valence electrons. The summed E-state index contributed by atoms with van der Waals surface area (Å²) in [5.41, 5.74) is 0.953. The second kappa shape index (κ2) is 9.83. The van der Waals surface area contributed by atoms with Crippen molar-refractivity contribution in [1.29, 1.82) is 5.26 Å². The van der Waals surface area contributed by atoms with E-state index in [1.807, 2.05) is 37.3 Å². The molecule has 2 aromatic heterocycles. The molecule has 4 aromatic rings. The van der Waals surface area contributed by atoms with Crippen LogP contribution in [0.5, 0.6) is 5.75 Å². The Balaban J connectivity index is 1.88. The van der Waals surface area contributed by atoms with Crippen LogP contribution in [0.2, 0.25) is 5.02 Å². The summed E-state index contributed by atoms with van der Waals surface area (Å²) < 4.78 is 5.89. The van der Waals surface area contributed by atoms with Gasteiger partial charge in [-0.1, -0.05) is 54.0 Å². The molecule has 0 saturated heterocycles. The maximum Gasteiger partial charge on any atom is 0.296 e. The lowest BCUT2D eigenvalue weighted by atomic mass is 9.79. The molecule has 0 aliphatic rings. The molecule has 1 amide bonds. The number of aromatic hydroxyl groups is 1. The number of anilines is 1. The van der Waals surface area contributed by atoms with Crippen LogP contribution in [-0.4, -0.2) is 25.7 Å². The van der Waals surface area contributed by atoms with Gasteiger partial charge in [-0.15, -0.1) is 0 Å². The lowest BCUT2D eigenvalue weighted by molar-refractivity contribution is 0.101. The zero-order valence-electron chi connectivity index (χ0n) is 18.8. The van der Waals surface area contributed by atoms with Crippen LogP contribution in [0, 0.1) is 11.3 Å². The van der Waals surface area contributed by atoms with Gasteiger partial charge in [-0.2, -0.15) is 5.26 Å². The number of nitriles is 1. The number of hydrogen-bond acceptors (Lipinski definition) is 7. The summed E-state index contributed by atoms with van der Waals surface area (Å²) in [6, 6.07) is 16.6. The summed E-state index contributed by atoms with van der Waals surface area (Å²) in [5, 5.41) is 26.6. The summed E-state index contributed by atoms with van der Waals surface area (Å²) in [4.78, 5) is 30.1. The highest BCUT2D eigenvalue weighted by atomic mass is 35.5. The average Bonchev–Trinajstić information content (AvgIpc) is 3.36. The van der Waals surface area contributed by atoms with E-state index in [4.69, 9.17) is 16.1 Å². The van der Waals surface area contributed by atoms with Crippen LogP contribution < -0.4 is 10.9 Å². The first kappa shape index (κ1) is 23.7. The van der Waals surface area contributed by atoms with Gasteiger partial charge in [-0.25, -0.2) is 4.98 Å². The summed E-state index contributed by atoms with van der Waals surface area (Å²) in [5.74, 6) is -2.30. The fourth-order valence-electron chi connectivity index (χ4n) is 4.07.